The second kappa shape index (κ2) is 6.86. The largest absolute Gasteiger partial charge is 0.330 e. The molecule has 0 aromatic carbocycles. The Morgan fingerprint density at radius 2 is 2.07 bits per heavy atom. The van der Waals surface area contributed by atoms with E-state index in [2.05, 4.69) is 31.6 Å². The SMILES string of the molecule is C#CCN(CCC)CC(C)(CC)CN. The predicted octanol–water partition coefficient (Wildman–Crippen LogP) is 1.71. The fourth-order valence-corrected chi connectivity index (χ4v) is 1.52. The van der Waals surface area contributed by atoms with E-state index in [4.69, 9.17) is 12.2 Å². The highest BCUT2D eigenvalue weighted by Crippen LogP contribution is 2.20. The molecule has 2 nitrogen and oxygen atoms in total. The molecule has 0 fully saturated rings. The number of terminal acetylenes is 1. The molecule has 0 bridgehead atoms. The van der Waals surface area contributed by atoms with Crippen LogP contribution in [-0.2, 0) is 0 Å². The first-order chi connectivity index (χ1) is 6.61. The third-order valence-corrected chi connectivity index (χ3v) is 2.81. The number of rotatable bonds is 7. The highest BCUT2D eigenvalue weighted by atomic mass is 15.1. The van der Waals surface area contributed by atoms with Gasteiger partial charge in [0.2, 0.25) is 0 Å². The van der Waals surface area contributed by atoms with Gasteiger partial charge in [-0.25, -0.2) is 0 Å². The first kappa shape index (κ1) is 13.5. The Morgan fingerprint density at radius 3 is 2.43 bits per heavy atom. The molecule has 1 atom stereocenters. The maximum atomic E-state index is 5.78. The average molecular weight is 196 g/mol. The number of hydrogen-bond acceptors (Lipinski definition) is 2. The Balaban J connectivity index is 4.19. The minimum Gasteiger partial charge on any atom is -0.330 e. The van der Waals surface area contributed by atoms with Gasteiger partial charge in [0.1, 0.15) is 0 Å². The third-order valence-electron chi connectivity index (χ3n) is 2.81. The van der Waals surface area contributed by atoms with E-state index in [1.807, 2.05) is 0 Å². The molecule has 0 radical (unpaired) electrons. The number of hydrogen-bond donors (Lipinski definition) is 1. The Morgan fingerprint density at radius 1 is 1.43 bits per heavy atom. The van der Waals surface area contributed by atoms with Gasteiger partial charge in [0, 0.05) is 6.54 Å². The molecule has 0 aliphatic rings. The average Bonchev–Trinajstić information content (AvgIpc) is 2.18. The summed E-state index contributed by atoms with van der Waals surface area (Å²) in [5, 5.41) is 0. The molecule has 0 saturated heterocycles. The van der Waals surface area contributed by atoms with Crippen LogP contribution in [0.15, 0.2) is 0 Å². The Hall–Kier alpha value is -0.520. The van der Waals surface area contributed by atoms with Crippen LogP contribution in [-0.4, -0.2) is 31.1 Å². The van der Waals surface area contributed by atoms with Gasteiger partial charge in [-0.05, 0) is 31.3 Å². The summed E-state index contributed by atoms with van der Waals surface area (Å²) in [5.74, 6) is 2.71. The van der Waals surface area contributed by atoms with E-state index >= 15 is 0 Å². The fraction of sp³-hybridized carbons (Fsp3) is 0.833. The molecule has 0 rings (SSSR count). The van der Waals surface area contributed by atoms with Gasteiger partial charge in [-0.2, -0.15) is 0 Å². The van der Waals surface area contributed by atoms with E-state index in [9.17, 15) is 0 Å². The maximum absolute atomic E-state index is 5.78. The smallest absolute Gasteiger partial charge is 0.0599 e. The quantitative estimate of drug-likeness (QED) is 0.628. The van der Waals surface area contributed by atoms with Gasteiger partial charge in [-0.1, -0.05) is 26.7 Å². The second-order valence-corrected chi connectivity index (χ2v) is 4.28. The minimum absolute atomic E-state index is 0.214. The summed E-state index contributed by atoms with van der Waals surface area (Å²) in [7, 11) is 0. The standard InChI is InChI=1S/C12H24N2/c1-5-8-14(9-6-2)11-12(4,7-3)10-13/h1H,6-11,13H2,2-4H3. The molecule has 0 aliphatic heterocycles. The summed E-state index contributed by atoms with van der Waals surface area (Å²) in [4.78, 5) is 2.32. The van der Waals surface area contributed by atoms with Crippen LogP contribution in [0.5, 0.6) is 0 Å². The van der Waals surface area contributed by atoms with Crippen LogP contribution in [0, 0.1) is 17.8 Å². The van der Waals surface area contributed by atoms with Crippen molar-refractivity contribution in [3.63, 3.8) is 0 Å². The molecule has 0 saturated carbocycles. The Labute approximate surface area is 88.9 Å². The lowest BCUT2D eigenvalue weighted by Crippen LogP contribution is -2.40. The van der Waals surface area contributed by atoms with E-state index in [0.717, 1.165) is 39.0 Å². The maximum Gasteiger partial charge on any atom is 0.0599 e. The van der Waals surface area contributed by atoms with Crippen LogP contribution in [0.25, 0.3) is 0 Å². The third kappa shape index (κ3) is 4.64. The second-order valence-electron chi connectivity index (χ2n) is 4.28. The molecular weight excluding hydrogens is 172 g/mol. The van der Waals surface area contributed by atoms with Crippen LogP contribution >= 0.6 is 0 Å². The van der Waals surface area contributed by atoms with E-state index in [-0.39, 0.29) is 5.41 Å². The molecule has 2 N–H and O–H groups in total. The first-order valence-electron chi connectivity index (χ1n) is 5.47. The Kier molecular flexibility index (Phi) is 6.61. The molecule has 14 heavy (non-hydrogen) atoms. The molecule has 1 unspecified atom stereocenters. The van der Waals surface area contributed by atoms with Gasteiger partial charge in [0.15, 0.2) is 0 Å². The fourth-order valence-electron chi connectivity index (χ4n) is 1.52. The van der Waals surface area contributed by atoms with Crippen molar-refractivity contribution >= 4 is 0 Å². The zero-order valence-electron chi connectivity index (χ0n) is 9.84. The summed E-state index contributed by atoms with van der Waals surface area (Å²) >= 11 is 0. The number of nitrogens with two attached hydrogens (primary N) is 1. The van der Waals surface area contributed by atoms with Gasteiger partial charge in [0.05, 0.1) is 6.54 Å². The van der Waals surface area contributed by atoms with Crippen molar-refractivity contribution < 1.29 is 0 Å². The minimum atomic E-state index is 0.214. The van der Waals surface area contributed by atoms with Gasteiger partial charge in [-0.3, -0.25) is 4.90 Å². The van der Waals surface area contributed by atoms with E-state index in [1.165, 1.54) is 0 Å². The monoisotopic (exact) mass is 196 g/mol. The van der Waals surface area contributed by atoms with E-state index in [1.54, 1.807) is 0 Å². The Bertz CT molecular complexity index is 177. The molecule has 0 spiro atoms. The molecule has 82 valence electrons. The van der Waals surface area contributed by atoms with E-state index in [0.29, 0.717) is 0 Å². The lowest BCUT2D eigenvalue weighted by molar-refractivity contribution is 0.179. The molecule has 0 aliphatic carbocycles. The van der Waals surface area contributed by atoms with Crippen LogP contribution in [0.3, 0.4) is 0 Å². The van der Waals surface area contributed by atoms with Gasteiger partial charge < -0.3 is 5.73 Å². The van der Waals surface area contributed by atoms with Crippen molar-refractivity contribution in [2.45, 2.75) is 33.6 Å². The number of nitrogens with zero attached hydrogens (tertiary/aromatic N) is 1. The van der Waals surface area contributed by atoms with Crippen LogP contribution in [0.4, 0.5) is 0 Å². The van der Waals surface area contributed by atoms with Crippen molar-refractivity contribution in [2.75, 3.05) is 26.2 Å². The van der Waals surface area contributed by atoms with Crippen LogP contribution in [0.1, 0.15) is 33.6 Å². The van der Waals surface area contributed by atoms with E-state index < -0.39 is 0 Å². The van der Waals surface area contributed by atoms with Crippen molar-refractivity contribution in [1.29, 1.82) is 0 Å². The normalized spacial score (nSPS) is 15.1. The van der Waals surface area contributed by atoms with Crippen molar-refractivity contribution in [3.05, 3.63) is 0 Å². The van der Waals surface area contributed by atoms with Gasteiger partial charge >= 0.3 is 0 Å². The van der Waals surface area contributed by atoms with Crippen molar-refractivity contribution in [3.8, 4) is 12.3 Å². The molecule has 0 aromatic heterocycles. The zero-order chi connectivity index (χ0) is 11.0. The van der Waals surface area contributed by atoms with Crippen LogP contribution < -0.4 is 5.73 Å². The molecule has 0 aromatic rings. The van der Waals surface area contributed by atoms with Crippen molar-refractivity contribution in [1.82, 2.24) is 4.90 Å². The van der Waals surface area contributed by atoms with Gasteiger partial charge in [0.25, 0.3) is 0 Å². The molecule has 0 heterocycles. The summed E-state index contributed by atoms with van der Waals surface area (Å²) < 4.78 is 0. The molecule has 0 amide bonds. The summed E-state index contributed by atoms with van der Waals surface area (Å²) in [6, 6.07) is 0. The highest BCUT2D eigenvalue weighted by molar-refractivity contribution is 4.90. The first-order valence-corrected chi connectivity index (χ1v) is 5.47. The topological polar surface area (TPSA) is 29.3 Å². The van der Waals surface area contributed by atoms with Crippen LogP contribution in [0.2, 0.25) is 0 Å². The predicted molar refractivity (Wildman–Crippen MR) is 63.0 cm³/mol. The summed E-state index contributed by atoms with van der Waals surface area (Å²) in [6.45, 7) is 10.1. The summed E-state index contributed by atoms with van der Waals surface area (Å²) in [6.07, 6.45) is 7.59. The van der Waals surface area contributed by atoms with Crippen molar-refractivity contribution in [2.24, 2.45) is 11.1 Å². The zero-order valence-corrected chi connectivity index (χ0v) is 9.84. The molecular formula is C12H24N2. The molecule has 2 heteroatoms. The lowest BCUT2D eigenvalue weighted by atomic mass is 9.87. The van der Waals surface area contributed by atoms with Gasteiger partial charge in [-0.15, -0.1) is 6.42 Å². The lowest BCUT2D eigenvalue weighted by Gasteiger charge is -2.32. The highest BCUT2D eigenvalue weighted by Gasteiger charge is 2.22. The summed E-state index contributed by atoms with van der Waals surface area (Å²) in [5.41, 5.74) is 5.99.